The Morgan fingerprint density at radius 2 is 1.85 bits per heavy atom. The smallest absolute Gasteiger partial charge is 0.138 e. The van der Waals surface area contributed by atoms with Crippen LogP contribution >= 0.6 is 0 Å². The lowest BCUT2D eigenvalue weighted by Gasteiger charge is -2.41. The summed E-state index contributed by atoms with van der Waals surface area (Å²) in [4.78, 5) is 11.8. The predicted octanol–water partition coefficient (Wildman–Crippen LogP) is 3.04. The highest BCUT2D eigenvalue weighted by Gasteiger charge is 2.40. The van der Waals surface area contributed by atoms with Crippen molar-refractivity contribution in [3.8, 4) is 0 Å². The lowest BCUT2D eigenvalue weighted by Crippen LogP contribution is -2.39. The Hall–Kier alpha value is -0.330. The summed E-state index contributed by atoms with van der Waals surface area (Å²) in [7, 11) is 0. The Morgan fingerprint density at radius 3 is 2.62 bits per heavy atom. The van der Waals surface area contributed by atoms with E-state index in [2.05, 4.69) is 13.8 Å². The van der Waals surface area contributed by atoms with Crippen molar-refractivity contribution in [2.24, 2.45) is 23.7 Å². The average Bonchev–Trinajstić information content (AvgIpc) is 2.15. The average molecular weight is 180 g/mol. The quantitative estimate of drug-likeness (QED) is 0.560. The predicted molar refractivity (Wildman–Crippen MR) is 53.4 cm³/mol. The van der Waals surface area contributed by atoms with Gasteiger partial charge in [0.1, 0.15) is 5.78 Å². The van der Waals surface area contributed by atoms with Gasteiger partial charge < -0.3 is 0 Å². The van der Waals surface area contributed by atoms with Gasteiger partial charge >= 0.3 is 0 Å². The number of hydrogen-bond donors (Lipinski definition) is 0. The molecular weight excluding hydrogens is 160 g/mol. The van der Waals surface area contributed by atoms with Crippen LogP contribution in [0.1, 0.15) is 46.0 Å². The molecule has 2 aliphatic carbocycles. The number of ketones is 1. The third kappa shape index (κ3) is 1.53. The molecule has 1 nitrogen and oxygen atoms in total. The number of fused-ring (bicyclic) bond motifs is 1. The van der Waals surface area contributed by atoms with Crippen LogP contribution in [0.5, 0.6) is 0 Å². The summed E-state index contributed by atoms with van der Waals surface area (Å²) in [5.41, 5.74) is 0. The van der Waals surface area contributed by atoms with Gasteiger partial charge in [0.25, 0.3) is 0 Å². The van der Waals surface area contributed by atoms with E-state index >= 15 is 0 Å². The summed E-state index contributed by atoms with van der Waals surface area (Å²) in [6.07, 6.45) is 6.62. The number of rotatable bonds is 0. The second-order valence-electron chi connectivity index (χ2n) is 5.04. The standard InChI is InChI=1S/C12H20O/c1-8-7-10-5-3-4-6-11(10)9(2)12(8)13/h8-11H,3-7H2,1-2H3/t8-,9-,10+,11+/m1/s1. The zero-order valence-electron chi connectivity index (χ0n) is 8.75. The Balaban J connectivity index is 2.12. The zero-order chi connectivity index (χ0) is 9.42. The van der Waals surface area contributed by atoms with E-state index in [0.717, 1.165) is 11.8 Å². The Morgan fingerprint density at radius 1 is 1.15 bits per heavy atom. The summed E-state index contributed by atoms with van der Waals surface area (Å²) >= 11 is 0. The molecule has 2 aliphatic rings. The summed E-state index contributed by atoms with van der Waals surface area (Å²) in [6, 6.07) is 0. The van der Waals surface area contributed by atoms with E-state index in [-0.39, 0.29) is 0 Å². The van der Waals surface area contributed by atoms with Gasteiger partial charge in [-0.2, -0.15) is 0 Å². The molecule has 0 spiro atoms. The van der Waals surface area contributed by atoms with Crippen LogP contribution in [0.25, 0.3) is 0 Å². The van der Waals surface area contributed by atoms with Gasteiger partial charge in [-0.05, 0) is 24.7 Å². The number of carbonyl (C=O) groups is 1. The van der Waals surface area contributed by atoms with Crippen molar-refractivity contribution in [1.82, 2.24) is 0 Å². The van der Waals surface area contributed by atoms with Crippen LogP contribution in [0.15, 0.2) is 0 Å². The van der Waals surface area contributed by atoms with Gasteiger partial charge in [0.2, 0.25) is 0 Å². The first-order valence-electron chi connectivity index (χ1n) is 5.74. The van der Waals surface area contributed by atoms with Gasteiger partial charge in [-0.3, -0.25) is 4.79 Å². The first-order valence-corrected chi connectivity index (χ1v) is 5.74. The second-order valence-corrected chi connectivity index (χ2v) is 5.04. The van der Waals surface area contributed by atoms with E-state index in [4.69, 9.17) is 0 Å². The van der Waals surface area contributed by atoms with Crippen molar-refractivity contribution < 1.29 is 4.79 Å². The van der Waals surface area contributed by atoms with Crippen molar-refractivity contribution in [2.75, 3.05) is 0 Å². The minimum absolute atomic E-state index is 0.342. The molecule has 0 bridgehead atoms. The third-order valence-electron chi connectivity index (χ3n) is 4.20. The van der Waals surface area contributed by atoms with Gasteiger partial charge in [-0.1, -0.05) is 33.1 Å². The van der Waals surface area contributed by atoms with E-state index in [1.807, 2.05) is 0 Å². The summed E-state index contributed by atoms with van der Waals surface area (Å²) in [5, 5.41) is 0. The molecule has 0 aliphatic heterocycles. The maximum Gasteiger partial charge on any atom is 0.138 e. The van der Waals surface area contributed by atoms with E-state index in [0.29, 0.717) is 17.6 Å². The lowest BCUT2D eigenvalue weighted by molar-refractivity contribution is -0.133. The molecular formula is C12H20O. The highest BCUT2D eigenvalue weighted by atomic mass is 16.1. The fraction of sp³-hybridized carbons (Fsp3) is 0.917. The fourth-order valence-corrected chi connectivity index (χ4v) is 3.42. The number of carbonyl (C=O) groups excluding carboxylic acids is 1. The van der Waals surface area contributed by atoms with Gasteiger partial charge in [-0.25, -0.2) is 0 Å². The largest absolute Gasteiger partial charge is 0.299 e. The SMILES string of the molecule is C[C@@H]1C[C@@H]2CCCC[C@H]2[C@@H](C)C1=O. The maximum atomic E-state index is 11.8. The van der Waals surface area contributed by atoms with Gasteiger partial charge in [0.05, 0.1) is 0 Å². The van der Waals surface area contributed by atoms with Crippen LogP contribution < -0.4 is 0 Å². The molecule has 0 radical (unpaired) electrons. The maximum absolute atomic E-state index is 11.8. The van der Waals surface area contributed by atoms with Crippen LogP contribution in [-0.4, -0.2) is 5.78 Å². The summed E-state index contributed by atoms with van der Waals surface area (Å²) in [6.45, 7) is 4.27. The summed E-state index contributed by atoms with van der Waals surface area (Å²) < 4.78 is 0. The molecule has 0 aromatic heterocycles. The topological polar surface area (TPSA) is 17.1 Å². The monoisotopic (exact) mass is 180 g/mol. The van der Waals surface area contributed by atoms with E-state index in [9.17, 15) is 4.79 Å². The Bertz CT molecular complexity index is 209. The van der Waals surface area contributed by atoms with E-state index in [1.54, 1.807) is 0 Å². The summed E-state index contributed by atoms with van der Waals surface area (Å²) in [5.74, 6) is 2.83. The van der Waals surface area contributed by atoms with Crippen molar-refractivity contribution in [2.45, 2.75) is 46.0 Å². The highest BCUT2D eigenvalue weighted by molar-refractivity contribution is 5.83. The molecule has 2 rings (SSSR count). The van der Waals surface area contributed by atoms with Crippen LogP contribution in [0.4, 0.5) is 0 Å². The van der Waals surface area contributed by atoms with Crippen LogP contribution in [0.2, 0.25) is 0 Å². The third-order valence-corrected chi connectivity index (χ3v) is 4.20. The minimum atomic E-state index is 0.342. The fourth-order valence-electron chi connectivity index (χ4n) is 3.42. The van der Waals surface area contributed by atoms with Crippen molar-refractivity contribution in [3.63, 3.8) is 0 Å². The molecule has 0 amide bonds. The molecule has 0 aromatic carbocycles. The molecule has 0 unspecified atom stereocenters. The molecule has 0 aromatic rings. The molecule has 0 N–H and O–H groups in total. The zero-order valence-corrected chi connectivity index (χ0v) is 8.75. The van der Waals surface area contributed by atoms with Crippen molar-refractivity contribution >= 4 is 5.78 Å². The first kappa shape index (κ1) is 9.23. The van der Waals surface area contributed by atoms with E-state index < -0.39 is 0 Å². The van der Waals surface area contributed by atoms with E-state index in [1.165, 1.54) is 32.1 Å². The molecule has 74 valence electrons. The first-order chi connectivity index (χ1) is 6.20. The lowest BCUT2D eigenvalue weighted by atomic mass is 9.63. The normalized spacial score (nSPS) is 45.8. The van der Waals surface area contributed by atoms with Gasteiger partial charge in [0.15, 0.2) is 0 Å². The second kappa shape index (κ2) is 3.43. The molecule has 4 atom stereocenters. The number of Topliss-reactive ketones (excluding diaryl/α,β-unsaturated/α-hetero) is 1. The van der Waals surface area contributed by atoms with Gasteiger partial charge in [-0.15, -0.1) is 0 Å². The molecule has 2 saturated carbocycles. The molecule has 2 fully saturated rings. The minimum Gasteiger partial charge on any atom is -0.299 e. The Labute approximate surface area is 80.9 Å². The molecule has 0 saturated heterocycles. The van der Waals surface area contributed by atoms with Crippen molar-refractivity contribution in [1.29, 1.82) is 0 Å². The van der Waals surface area contributed by atoms with Gasteiger partial charge in [0, 0.05) is 11.8 Å². The number of hydrogen-bond acceptors (Lipinski definition) is 1. The molecule has 1 heteroatoms. The van der Waals surface area contributed by atoms with Crippen LogP contribution in [0, 0.1) is 23.7 Å². The van der Waals surface area contributed by atoms with Crippen molar-refractivity contribution in [3.05, 3.63) is 0 Å². The Kier molecular flexibility index (Phi) is 2.44. The van der Waals surface area contributed by atoms with Crippen LogP contribution in [-0.2, 0) is 4.79 Å². The highest BCUT2D eigenvalue weighted by Crippen LogP contribution is 2.43. The molecule has 0 heterocycles. The van der Waals surface area contributed by atoms with Crippen LogP contribution in [0.3, 0.4) is 0 Å². The molecule has 13 heavy (non-hydrogen) atoms.